The molecule has 0 unspecified atom stereocenters. The quantitative estimate of drug-likeness (QED) is 0.804. The summed E-state index contributed by atoms with van der Waals surface area (Å²) in [6.45, 7) is 9.17. The van der Waals surface area contributed by atoms with Crippen molar-refractivity contribution in [2.45, 2.75) is 27.7 Å². The fourth-order valence-corrected chi connectivity index (χ4v) is 1.51. The van der Waals surface area contributed by atoms with E-state index in [2.05, 4.69) is 33.0 Å². The number of hydrogen-bond acceptors (Lipinski definition) is 3. The number of nitrogens with one attached hydrogen (secondary N) is 1. The molecule has 19 heavy (non-hydrogen) atoms. The molecular weight excluding hydrogens is 240 g/mol. The van der Waals surface area contributed by atoms with Crippen LogP contribution in [0.15, 0.2) is 18.2 Å². The van der Waals surface area contributed by atoms with Crippen LogP contribution >= 0.6 is 0 Å². The van der Waals surface area contributed by atoms with E-state index in [4.69, 9.17) is 10.5 Å². The summed E-state index contributed by atoms with van der Waals surface area (Å²) in [4.78, 5) is 12.2. The molecule has 0 aromatic heterocycles. The zero-order chi connectivity index (χ0) is 14.6. The number of methoxy groups -OCH3 is 1. The van der Waals surface area contributed by atoms with Crippen LogP contribution in [0, 0.1) is 11.3 Å². The molecule has 0 saturated carbocycles. The van der Waals surface area contributed by atoms with Crippen LogP contribution in [0.2, 0.25) is 0 Å². The zero-order valence-corrected chi connectivity index (χ0v) is 12.4. The number of carbonyl (C=O) groups excluding carboxylic acids is 1. The van der Waals surface area contributed by atoms with Crippen LogP contribution in [-0.2, 0) is 0 Å². The highest BCUT2D eigenvalue weighted by Crippen LogP contribution is 2.25. The molecule has 0 radical (unpaired) electrons. The summed E-state index contributed by atoms with van der Waals surface area (Å²) in [5.41, 5.74) is 6.78. The van der Waals surface area contributed by atoms with Gasteiger partial charge in [0.25, 0.3) is 5.91 Å². The van der Waals surface area contributed by atoms with Gasteiger partial charge in [0.15, 0.2) is 0 Å². The van der Waals surface area contributed by atoms with Crippen molar-refractivity contribution in [3.63, 3.8) is 0 Å². The third kappa shape index (κ3) is 3.88. The van der Waals surface area contributed by atoms with Crippen LogP contribution in [0.3, 0.4) is 0 Å². The van der Waals surface area contributed by atoms with Crippen molar-refractivity contribution < 1.29 is 9.53 Å². The minimum absolute atomic E-state index is 0.0449. The summed E-state index contributed by atoms with van der Waals surface area (Å²) in [6, 6.07) is 5.06. The summed E-state index contributed by atoms with van der Waals surface area (Å²) in [6.07, 6.45) is 0. The number of benzene rings is 1. The molecule has 1 aromatic carbocycles. The molecule has 1 amide bonds. The highest BCUT2D eigenvalue weighted by molar-refractivity contribution is 5.97. The fourth-order valence-electron chi connectivity index (χ4n) is 1.51. The number of nitrogen functional groups attached to an aromatic ring is 1. The molecule has 0 atom stereocenters. The van der Waals surface area contributed by atoms with E-state index in [0.29, 0.717) is 29.5 Å². The summed E-state index contributed by atoms with van der Waals surface area (Å²) in [5.74, 6) is 0.863. The Balaban J connectivity index is 2.82. The van der Waals surface area contributed by atoms with Crippen molar-refractivity contribution in [1.29, 1.82) is 0 Å². The Morgan fingerprint density at radius 1 is 1.42 bits per heavy atom. The first-order chi connectivity index (χ1) is 8.77. The number of carbonyl (C=O) groups is 1. The first kappa shape index (κ1) is 15.3. The van der Waals surface area contributed by atoms with E-state index in [1.807, 2.05) is 0 Å². The molecule has 0 bridgehead atoms. The maximum absolute atomic E-state index is 12.2. The fraction of sp³-hybridized carbons (Fsp3) is 0.533. The van der Waals surface area contributed by atoms with Gasteiger partial charge in [0.05, 0.1) is 12.7 Å². The lowest BCUT2D eigenvalue weighted by Gasteiger charge is -2.29. The van der Waals surface area contributed by atoms with Crippen molar-refractivity contribution in [3.8, 4) is 5.75 Å². The average molecular weight is 264 g/mol. The van der Waals surface area contributed by atoms with Crippen molar-refractivity contribution in [2.75, 3.05) is 19.4 Å². The normalized spacial score (nSPS) is 11.5. The summed E-state index contributed by atoms with van der Waals surface area (Å²) < 4.78 is 5.18. The number of anilines is 1. The molecule has 3 N–H and O–H groups in total. The van der Waals surface area contributed by atoms with Crippen LogP contribution in [0.5, 0.6) is 5.75 Å². The predicted octanol–water partition coefficient (Wildman–Crippen LogP) is 2.69. The molecule has 0 heterocycles. The highest BCUT2D eigenvalue weighted by atomic mass is 16.5. The Labute approximate surface area is 115 Å². The monoisotopic (exact) mass is 264 g/mol. The van der Waals surface area contributed by atoms with Gasteiger partial charge >= 0.3 is 0 Å². The molecule has 0 fully saturated rings. The van der Waals surface area contributed by atoms with E-state index < -0.39 is 0 Å². The standard InChI is InChI=1S/C15H24N2O2/c1-10(2)15(3,4)9-17-14(18)12-8-11(16)6-7-13(12)19-5/h6-8,10H,9,16H2,1-5H3,(H,17,18). The number of hydrogen-bond donors (Lipinski definition) is 2. The van der Waals surface area contributed by atoms with Crippen LogP contribution in [0.1, 0.15) is 38.1 Å². The van der Waals surface area contributed by atoms with Crippen LogP contribution < -0.4 is 15.8 Å². The smallest absolute Gasteiger partial charge is 0.255 e. The molecular formula is C15H24N2O2. The van der Waals surface area contributed by atoms with Gasteiger partial charge < -0.3 is 15.8 Å². The van der Waals surface area contributed by atoms with Gasteiger partial charge in [-0.1, -0.05) is 27.7 Å². The van der Waals surface area contributed by atoms with Crippen molar-refractivity contribution in [2.24, 2.45) is 11.3 Å². The Kier molecular flexibility index (Phi) is 4.81. The van der Waals surface area contributed by atoms with E-state index in [1.54, 1.807) is 25.3 Å². The average Bonchev–Trinajstić information content (AvgIpc) is 2.35. The Morgan fingerprint density at radius 2 is 2.05 bits per heavy atom. The van der Waals surface area contributed by atoms with E-state index in [-0.39, 0.29) is 11.3 Å². The van der Waals surface area contributed by atoms with Crippen LogP contribution in [-0.4, -0.2) is 19.6 Å². The van der Waals surface area contributed by atoms with Gasteiger partial charge in [0.2, 0.25) is 0 Å². The number of ether oxygens (including phenoxy) is 1. The number of nitrogens with two attached hydrogens (primary N) is 1. The molecule has 0 spiro atoms. The number of amides is 1. The number of rotatable bonds is 5. The highest BCUT2D eigenvalue weighted by Gasteiger charge is 2.23. The van der Waals surface area contributed by atoms with E-state index >= 15 is 0 Å². The van der Waals surface area contributed by atoms with Gasteiger partial charge in [-0.05, 0) is 29.5 Å². The Hall–Kier alpha value is -1.71. The van der Waals surface area contributed by atoms with Gasteiger partial charge in [-0.2, -0.15) is 0 Å². The van der Waals surface area contributed by atoms with Crippen LogP contribution in [0.4, 0.5) is 5.69 Å². The predicted molar refractivity (Wildman–Crippen MR) is 78.4 cm³/mol. The zero-order valence-electron chi connectivity index (χ0n) is 12.4. The SMILES string of the molecule is COc1ccc(N)cc1C(=O)NCC(C)(C)C(C)C. The maximum Gasteiger partial charge on any atom is 0.255 e. The van der Waals surface area contributed by atoms with E-state index in [9.17, 15) is 4.79 Å². The van der Waals surface area contributed by atoms with Gasteiger partial charge in [-0.25, -0.2) is 0 Å². The van der Waals surface area contributed by atoms with E-state index in [1.165, 1.54) is 0 Å². The first-order valence-corrected chi connectivity index (χ1v) is 6.49. The van der Waals surface area contributed by atoms with Crippen LogP contribution in [0.25, 0.3) is 0 Å². The van der Waals surface area contributed by atoms with Crippen molar-refractivity contribution in [3.05, 3.63) is 23.8 Å². The lowest BCUT2D eigenvalue weighted by atomic mass is 9.81. The third-order valence-corrected chi connectivity index (χ3v) is 3.74. The lowest BCUT2D eigenvalue weighted by Crippen LogP contribution is -2.37. The minimum atomic E-state index is -0.155. The summed E-state index contributed by atoms with van der Waals surface area (Å²) in [7, 11) is 1.54. The molecule has 4 heteroatoms. The van der Waals surface area contributed by atoms with Gasteiger partial charge in [-0.3, -0.25) is 4.79 Å². The molecule has 1 rings (SSSR count). The van der Waals surface area contributed by atoms with Crippen molar-refractivity contribution in [1.82, 2.24) is 5.32 Å². The molecule has 106 valence electrons. The molecule has 0 aliphatic rings. The van der Waals surface area contributed by atoms with Gasteiger partial charge in [0, 0.05) is 12.2 Å². The maximum atomic E-state index is 12.2. The Morgan fingerprint density at radius 3 is 2.58 bits per heavy atom. The van der Waals surface area contributed by atoms with Gasteiger partial charge in [0.1, 0.15) is 5.75 Å². The Bertz CT molecular complexity index is 453. The summed E-state index contributed by atoms with van der Waals surface area (Å²) in [5, 5.41) is 2.95. The second-order valence-electron chi connectivity index (χ2n) is 5.79. The molecule has 0 aliphatic carbocycles. The van der Waals surface area contributed by atoms with Crippen molar-refractivity contribution >= 4 is 11.6 Å². The lowest BCUT2D eigenvalue weighted by molar-refractivity contribution is 0.0922. The second-order valence-corrected chi connectivity index (χ2v) is 5.79. The minimum Gasteiger partial charge on any atom is -0.496 e. The largest absolute Gasteiger partial charge is 0.496 e. The first-order valence-electron chi connectivity index (χ1n) is 6.49. The van der Waals surface area contributed by atoms with Gasteiger partial charge in [-0.15, -0.1) is 0 Å². The topological polar surface area (TPSA) is 64.3 Å². The molecule has 0 saturated heterocycles. The molecule has 1 aromatic rings. The van der Waals surface area contributed by atoms with E-state index in [0.717, 1.165) is 0 Å². The third-order valence-electron chi connectivity index (χ3n) is 3.74. The molecule has 4 nitrogen and oxygen atoms in total. The summed E-state index contributed by atoms with van der Waals surface area (Å²) >= 11 is 0. The second kappa shape index (κ2) is 5.95. The molecule has 0 aliphatic heterocycles.